The first-order chi connectivity index (χ1) is 13.2. The molecule has 162 valence electrons. The molecular formula is C22H39NO5. The molecule has 6 heteroatoms. The highest BCUT2D eigenvalue weighted by Crippen LogP contribution is 2.22. The van der Waals surface area contributed by atoms with E-state index in [-0.39, 0.29) is 11.9 Å². The third-order valence-electron chi connectivity index (χ3n) is 4.49. The molecule has 1 aromatic rings. The van der Waals surface area contributed by atoms with Gasteiger partial charge >= 0.3 is 0 Å². The van der Waals surface area contributed by atoms with E-state index in [4.69, 9.17) is 29.4 Å². The van der Waals surface area contributed by atoms with Crippen LogP contribution in [0.5, 0.6) is 5.75 Å². The van der Waals surface area contributed by atoms with Crippen molar-refractivity contribution in [1.29, 1.82) is 0 Å². The highest BCUT2D eigenvalue weighted by molar-refractivity contribution is 5.41. The zero-order chi connectivity index (χ0) is 21.0. The van der Waals surface area contributed by atoms with Crippen LogP contribution in [0.15, 0.2) is 24.3 Å². The molecule has 28 heavy (non-hydrogen) atoms. The molecule has 0 saturated carbocycles. The van der Waals surface area contributed by atoms with Crippen LogP contribution in [0, 0.1) is 0 Å². The zero-order valence-electron chi connectivity index (χ0n) is 18.5. The van der Waals surface area contributed by atoms with Crippen LogP contribution in [0.2, 0.25) is 0 Å². The first kappa shape index (κ1) is 24.7. The van der Waals surface area contributed by atoms with Crippen LogP contribution in [0.4, 0.5) is 5.69 Å². The average molecular weight is 398 g/mol. The van der Waals surface area contributed by atoms with Crippen LogP contribution in [-0.2, 0) is 18.9 Å². The zero-order valence-corrected chi connectivity index (χ0v) is 18.5. The van der Waals surface area contributed by atoms with Crippen molar-refractivity contribution in [3.8, 4) is 5.75 Å². The van der Waals surface area contributed by atoms with Gasteiger partial charge < -0.3 is 29.4 Å². The maximum Gasteiger partial charge on any atom is 0.159 e. The number of ether oxygens (including phenoxy) is 5. The van der Waals surface area contributed by atoms with Gasteiger partial charge in [-0.3, -0.25) is 0 Å². The van der Waals surface area contributed by atoms with Crippen LogP contribution >= 0.6 is 0 Å². The van der Waals surface area contributed by atoms with E-state index in [0.717, 1.165) is 17.9 Å². The molecule has 1 aromatic carbocycles. The summed E-state index contributed by atoms with van der Waals surface area (Å²) >= 11 is 0. The van der Waals surface area contributed by atoms with Crippen molar-refractivity contribution in [2.24, 2.45) is 0 Å². The fourth-order valence-corrected chi connectivity index (χ4v) is 2.44. The highest BCUT2D eigenvalue weighted by Gasteiger charge is 2.29. The van der Waals surface area contributed by atoms with Crippen LogP contribution in [0.1, 0.15) is 54.4 Å². The summed E-state index contributed by atoms with van der Waals surface area (Å²) in [6, 6.07) is 7.36. The molecule has 0 radical (unpaired) electrons. The summed E-state index contributed by atoms with van der Waals surface area (Å²) < 4.78 is 29.3. The fourth-order valence-electron chi connectivity index (χ4n) is 2.44. The van der Waals surface area contributed by atoms with Gasteiger partial charge in [0.15, 0.2) is 6.29 Å². The maximum atomic E-state index is 6.15. The van der Waals surface area contributed by atoms with Crippen molar-refractivity contribution >= 4 is 5.69 Å². The van der Waals surface area contributed by atoms with Gasteiger partial charge in [-0.25, -0.2) is 0 Å². The lowest BCUT2D eigenvalue weighted by Crippen LogP contribution is -2.41. The smallest absolute Gasteiger partial charge is 0.159 e. The summed E-state index contributed by atoms with van der Waals surface area (Å²) in [5, 5.41) is 0. The quantitative estimate of drug-likeness (QED) is 0.349. The standard InChI is InChI=1S/C22H39NO5/c1-7-22(6,27-15-14-20(24-8-2)25-9-3)17-28-21(4,5)16-26-19-12-10-18(23)11-13-19/h10-13,20H,7-9,14-17,23H2,1-6H3. The van der Waals surface area contributed by atoms with E-state index < -0.39 is 5.60 Å². The Labute approximate surface area is 170 Å². The molecule has 1 rings (SSSR count). The van der Waals surface area contributed by atoms with Gasteiger partial charge in [-0.05, 0) is 65.3 Å². The third-order valence-corrected chi connectivity index (χ3v) is 4.49. The van der Waals surface area contributed by atoms with E-state index in [0.29, 0.717) is 39.5 Å². The van der Waals surface area contributed by atoms with E-state index in [1.54, 1.807) is 0 Å². The lowest BCUT2D eigenvalue weighted by Gasteiger charge is -2.34. The molecule has 0 amide bonds. The number of hydrogen-bond donors (Lipinski definition) is 1. The number of rotatable bonds is 15. The highest BCUT2D eigenvalue weighted by atomic mass is 16.7. The largest absolute Gasteiger partial charge is 0.491 e. The molecule has 0 bridgehead atoms. The second-order valence-electron chi connectivity index (χ2n) is 7.69. The number of benzene rings is 1. The molecule has 1 unspecified atom stereocenters. The molecule has 0 aliphatic carbocycles. The Kier molecular flexibility index (Phi) is 10.8. The van der Waals surface area contributed by atoms with Gasteiger partial charge in [0.05, 0.1) is 24.4 Å². The Morgan fingerprint density at radius 2 is 1.50 bits per heavy atom. The van der Waals surface area contributed by atoms with Crippen molar-refractivity contribution in [2.75, 3.05) is 38.8 Å². The molecule has 2 N–H and O–H groups in total. The van der Waals surface area contributed by atoms with Crippen molar-refractivity contribution < 1.29 is 23.7 Å². The molecule has 0 heterocycles. The van der Waals surface area contributed by atoms with E-state index in [2.05, 4.69) is 13.8 Å². The summed E-state index contributed by atoms with van der Waals surface area (Å²) in [5.74, 6) is 0.776. The van der Waals surface area contributed by atoms with Gasteiger partial charge in [0.2, 0.25) is 0 Å². The molecular weight excluding hydrogens is 358 g/mol. The topological polar surface area (TPSA) is 72.2 Å². The van der Waals surface area contributed by atoms with Gasteiger partial charge in [0, 0.05) is 25.3 Å². The van der Waals surface area contributed by atoms with Crippen molar-refractivity contribution in [1.82, 2.24) is 0 Å². The number of nitrogens with two attached hydrogens (primary N) is 1. The Balaban J connectivity index is 2.44. The van der Waals surface area contributed by atoms with E-state index >= 15 is 0 Å². The first-order valence-corrected chi connectivity index (χ1v) is 10.2. The lowest BCUT2D eigenvalue weighted by atomic mass is 10.0. The minimum atomic E-state index is -0.444. The van der Waals surface area contributed by atoms with Crippen molar-refractivity contribution in [3.63, 3.8) is 0 Å². The summed E-state index contributed by atoms with van der Waals surface area (Å²) in [4.78, 5) is 0. The van der Waals surface area contributed by atoms with Gasteiger partial charge in [-0.15, -0.1) is 0 Å². The van der Waals surface area contributed by atoms with Gasteiger partial charge in [0.1, 0.15) is 12.4 Å². The molecule has 0 fully saturated rings. The van der Waals surface area contributed by atoms with Gasteiger partial charge in [0.25, 0.3) is 0 Å². The van der Waals surface area contributed by atoms with Crippen LogP contribution in [0.3, 0.4) is 0 Å². The molecule has 0 saturated heterocycles. The molecule has 0 spiro atoms. The summed E-state index contributed by atoms with van der Waals surface area (Å²) in [7, 11) is 0. The first-order valence-electron chi connectivity index (χ1n) is 10.2. The normalized spacial score (nSPS) is 14.2. The van der Waals surface area contributed by atoms with Gasteiger partial charge in [-0.1, -0.05) is 6.92 Å². The van der Waals surface area contributed by atoms with Crippen LogP contribution in [-0.4, -0.2) is 50.5 Å². The molecule has 1 atom stereocenters. The Morgan fingerprint density at radius 3 is 2.04 bits per heavy atom. The summed E-state index contributed by atoms with van der Waals surface area (Å²) in [5.41, 5.74) is 5.60. The minimum Gasteiger partial charge on any atom is -0.491 e. The summed E-state index contributed by atoms with van der Waals surface area (Å²) in [6.45, 7) is 14.9. The summed E-state index contributed by atoms with van der Waals surface area (Å²) in [6.07, 6.45) is 1.32. The predicted molar refractivity (Wildman–Crippen MR) is 113 cm³/mol. The lowest BCUT2D eigenvalue weighted by molar-refractivity contribution is -0.170. The molecule has 0 aliphatic heterocycles. The predicted octanol–water partition coefficient (Wildman–Crippen LogP) is 4.42. The number of nitrogen functional groups attached to an aromatic ring is 1. The minimum absolute atomic E-state index is 0.221. The maximum absolute atomic E-state index is 6.15. The molecule has 0 aliphatic rings. The van der Waals surface area contributed by atoms with E-state index in [1.165, 1.54) is 0 Å². The van der Waals surface area contributed by atoms with Crippen LogP contribution in [0.25, 0.3) is 0 Å². The second-order valence-corrected chi connectivity index (χ2v) is 7.69. The molecule has 0 aromatic heterocycles. The van der Waals surface area contributed by atoms with Gasteiger partial charge in [-0.2, -0.15) is 0 Å². The molecule has 6 nitrogen and oxygen atoms in total. The Bertz CT molecular complexity index is 528. The van der Waals surface area contributed by atoms with Crippen molar-refractivity contribution in [3.05, 3.63) is 24.3 Å². The second kappa shape index (κ2) is 12.3. The average Bonchev–Trinajstić information content (AvgIpc) is 2.66. The van der Waals surface area contributed by atoms with E-state index in [9.17, 15) is 0 Å². The van der Waals surface area contributed by atoms with Crippen molar-refractivity contribution in [2.45, 2.75) is 71.9 Å². The Hall–Kier alpha value is -1.34. The fraction of sp³-hybridized carbons (Fsp3) is 0.727. The van der Waals surface area contributed by atoms with Crippen LogP contribution < -0.4 is 10.5 Å². The van der Waals surface area contributed by atoms with E-state index in [1.807, 2.05) is 52.0 Å². The third kappa shape index (κ3) is 9.73. The number of anilines is 1. The SMILES string of the molecule is CCOC(CCOC(C)(CC)COC(C)(C)COc1ccc(N)cc1)OCC. The Morgan fingerprint density at radius 1 is 0.893 bits per heavy atom. The monoisotopic (exact) mass is 397 g/mol. The number of hydrogen-bond acceptors (Lipinski definition) is 6.